The monoisotopic (exact) mass is 243 g/mol. The fourth-order valence-corrected chi connectivity index (χ4v) is 1.63. The van der Waals surface area contributed by atoms with E-state index in [2.05, 4.69) is 10.3 Å². The molecule has 2 rings (SSSR count). The number of nitrogens with two attached hydrogens (primary N) is 1. The van der Waals surface area contributed by atoms with Crippen molar-refractivity contribution in [3.8, 4) is 5.75 Å². The number of aryl methyl sites for hydroxylation is 1. The summed E-state index contributed by atoms with van der Waals surface area (Å²) in [6.45, 7) is 4.48. The standard InChI is InChI=1S/C14H17N3O/c1-3-18-13-7-5-4-6-12(13)17-14-9-8-11(15)10(2)16-14/h4-9H,3,15H2,1-2H3,(H,16,17). The molecule has 0 radical (unpaired) electrons. The summed E-state index contributed by atoms with van der Waals surface area (Å²) in [4.78, 5) is 4.38. The molecule has 4 heteroatoms. The summed E-state index contributed by atoms with van der Waals surface area (Å²) < 4.78 is 5.55. The maximum Gasteiger partial charge on any atom is 0.142 e. The van der Waals surface area contributed by atoms with Crippen LogP contribution in [0.3, 0.4) is 0 Å². The van der Waals surface area contributed by atoms with E-state index in [1.54, 1.807) is 0 Å². The van der Waals surface area contributed by atoms with E-state index in [1.807, 2.05) is 50.2 Å². The number of nitrogens with zero attached hydrogens (tertiary/aromatic N) is 1. The highest BCUT2D eigenvalue weighted by atomic mass is 16.5. The van der Waals surface area contributed by atoms with Crippen LogP contribution in [0.2, 0.25) is 0 Å². The van der Waals surface area contributed by atoms with Gasteiger partial charge in [0.15, 0.2) is 0 Å². The molecule has 0 amide bonds. The average molecular weight is 243 g/mol. The van der Waals surface area contributed by atoms with Gasteiger partial charge in [-0.1, -0.05) is 12.1 Å². The van der Waals surface area contributed by atoms with E-state index in [9.17, 15) is 0 Å². The van der Waals surface area contributed by atoms with Gasteiger partial charge in [-0.15, -0.1) is 0 Å². The van der Waals surface area contributed by atoms with Crippen LogP contribution in [0.4, 0.5) is 17.2 Å². The molecule has 0 spiro atoms. The number of pyridine rings is 1. The summed E-state index contributed by atoms with van der Waals surface area (Å²) in [5, 5.41) is 3.23. The predicted molar refractivity (Wildman–Crippen MR) is 74.3 cm³/mol. The lowest BCUT2D eigenvalue weighted by atomic mass is 10.2. The maximum atomic E-state index is 5.74. The highest BCUT2D eigenvalue weighted by Gasteiger charge is 2.04. The normalized spacial score (nSPS) is 10.1. The van der Waals surface area contributed by atoms with Gasteiger partial charge in [0.2, 0.25) is 0 Å². The first-order valence-electron chi connectivity index (χ1n) is 5.92. The van der Waals surface area contributed by atoms with Gasteiger partial charge in [-0.25, -0.2) is 4.98 Å². The van der Waals surface area contributed by atoms with E-state index in [0.29, 0.717) is 12.3 Å². The summed E-state index contributed by atoms with van der Waals surface area (Å²) in [5.41, 5.74) is 8.15. The van der Waals surface area contributed by atoms with Crippen molar-refractivity contribution in [3.05, 3.63) is 42.1 Å². The topological polar surface area (TPSA) is 60.2 Å². The first kappa shape index (κ1) is 12.2. The summed E-state index contributed by atoms with van der Waals surface area (Å²) in [7, 11) is 0. The Morgan fingerprint density at radius 1 is 1.22 bits per heavy atom. The molecule has 2 aromatic rings. The van der Waals surface area contributed by atoms with Crippen LogP contribution in [0.15, 0.2) is 36.4 Å². The molecule has 0 atom stereocenters. The third-order valence-electron chi connectivity index (χ3n) is 2.58. The molecule has 0 saturated heterocycles. The fraction of sp³-hybridized carbons (Fsp3) is 0.214. The molecule has 18 heavy (non-hydrogen) atoms. The molecule has 0 unspecified atom stereocenters. The molecule has 0 aliphatic rings. The summed E-state index contributed by atoms with van der Waals surface area (Å²) >= 11 is 0. The molecule has 0 saturated carbocycles. The third kappa shape index (κ3) is 2.71. The van der Waals surface area contributed by atoms with E-state index in [0.717, 1.165) is 22.9 Å². The van der Waals surface area contributed by atoms with E-state index in [1.165, 1.54) is 0 Å². The van der Waals surface area contributed by atoms with Crippen molar-refractivity contribution in [1.29, 1.82) is 0 Å². The van der Waals surface area contributed by atoms with Crippen molar-refractivity contribution in [2.24, 2.45) is 0 Å². The summed E-state index contributed by atoms with van der Waals surface area (Å²) in [5.74, 6) is 1.57. The van der Waals surface area contributed by atoms with Crippen LogP contribution in [-0.2, 0) is 0 Å². The van der Waals surface area contributed by atoms with E-state index in [-0.39, 0.29) is 0 Å². The predicted octanol–water partition coefficient (Wildman–Crippen LogP) is 3.11. The second-order valence-corrected chi connectivity index (χ2v) is 3.93. The number of nitrogen functional groups attached to an aromatic ring is 1. The number of benzene rings is 1. The van der Waals surface area contributed by atoms with Crippen LogP contribution < -0.4 is 15.8 Å². The number of hydrogen-bond donors (Lipinski definition) is 2. The van der Waals surface area contributed by atoms with Gasteiger partial charge in [-0.3, -0.25) is 0 Å². The molecule has 0 aliphatic carbocycles. The quantitative estimate of drug-likeness (QED) is 0.866. The van der Waals surface area contributed by atoms with Crippen LogP contribution in [0.1, 0.15) is 12.6 Å². The number of para-hydroxylation sites is 2. The van der Waals surface area contributed by atoms with Crippen molar-refractivity contribution < 1.29 is 4.74 Å². The lowest BCUT2D eigenvalue weighted by molar-refractivity contribution is 0.342. The Kier molecular flexibility index (Phi) is 3.67. The number of anilines is 3. The van der Waals surface area contributed by atoms with Crippen molar-refractivity contribution in [1.82, 2.24) is 4.98 Å². The van der Waals surface area contributed by atoms with Gasteiger partial charge >= 0.3 is 0 Å². The fourth-order valence-electron chi connectivity index (χ4n) is 1.63. The first-order chi connectivity index (χ1) is 8.70. The summed E-state index contributed by atoms with van der Waals surface area (Å²) in [6.07, 6.45) is 0. The van der Waals surface area contributed by atoms with Crippen LogP contribution >= 0.6 is 0 Å². The van der Waals surface area contributed by atoms with Gasteiger partial charge in [-0.2, -0.15) is 0 Å². The van der Waals surface area contributed by atoms with Crippen molar-refractivity contribution in [3.63, 3.8) is 0 Å². The Labute approximate surface area is 107 Å². The minimum Gasteiger partial charge on any atom is -0.492 e. The maximum absolute atomic E-state index is 5.74. The van der Waals surface area contributed by atoms with Crippen molar-refractivity contribution in [2.45, 2.75) is 13.8 Å². The van der Waals surface area contributed by atoms with E-state index in [4.69, 9.17) is 10.5 Å². The third-order valence-corrected chi connectivity index (χ3v) is 2.58. The Bertz CT molecular complexity index is 540. The van der Waals surface area contributed by atoms with Crippen LogP contribution in [0.5, 0.6) is 5.75 Å². The van der Waals surface area contributed by atoms with Crippen LogP contribution in [-0.4, -0.2) is 11.6 Å². The molecule has 1 aromatic carbocycles. The minimum absolute atomic E-state index is 0.632. The van der Waals surface area contributed by atoms with Crippen LogP contribution in [0, 0.1) is 6.92 Å². The van der Waals surface area contributed by atoms with Gasteiger partial charge in [0.1, 0.15) is 11.6 Å². The minimum atomic E-state index is 0.632. The van der Waals surface area contributed by atoms with Gasteiger partial charge in [0.05, 0.1) is 23.7 Å². The molecule has 0 aliphatic heterocycles. The summed E-state index contributed by atoms with van der Waals surface area (Å²) in [6, 6.07) is 11.5. The Balaban J connectivity index is 2.25. The zero-order valence-electron chi connectivity index (χ0n) is 10.6. The number of nitrogens with one attached hydrogen (secondary N) is 1. The molecule has 0 fully saturated rings. The SMILES string of the molecule is CCOc1ccccc1Nc1ccc(N)c(C)n1. The average Bonchev–Trinajstić information content (AvgIpc) is 2.37. The molecule has 0 bridgehead atoms. The number of aromatic nitrogens is 1. The number of ether oxygens (including phenoxy) is 1. The second kappa shape index (κ2) is 5.40. The lowest BCUT2D eigenvalue weighted by Crippen LogP contribution is -2.00. The van der Waals surface area contributed by atoms with Crippen LogP contribution in [0.25, 0.3) is 0 Å². The zero-order valence-corrected chi connectivity index (χ0v) is 10.6. The van der Waals surface area contributed by atoms with Gasteiger partial charge in [0, 0.05) is 0 Å². The molecular formula is C14H17N3O. The molecule has 3 N–H and O–H groups in total. The van der Waals surface area contributed by atoms with Gasteiger partial charge in [0.25, 0.3) is 0 Å². The smallest absolute Gasteiger partial charge is 0.142 e. The highest BCUT2D eigenvalue weighted by Crippen LogP contribution is 2.27. The molecule has 1 heterocycles. The second-order valence-electron chi connectivity index (χ2n) is 3.93. The Morgan fingerprint density at radius 2 is 2.00 bits per heavy atom. The Hall–Kier alpha value is -2.23. The molecule has 4 nitrogen and oxygen atoms in total. The lowest BCUT2D eigenvalue weighted by Gasteiger charge is -2.12. The first-order valence-corrected chi connectivity index (χ1v) is 5.92. The van der Waals surface area contributed by atoms with Gasteiger partial charge in [-0.05, 0) is 38.1 Å². The zero-order chi connectivity index (χ0) is 13.0. The highest BCUT2D eigenvalue weighted by molar-refractivity contribution is 5.65. The molecule has 94 valence electrons. The van der Waals surface area contributed by atoms with E-state index < -0.39 is 0 Å². The van der Waals surface area contributed by atoms with Crippen molar-refractivity contribution in [2.75, 3.05) is 17.7 Å². The number of hydrogen-bond acceptors (Lipinski definition) is 4. The number of rotatable bonds is 4. The van der Waals surface area contributed by atoms with E-state index >= 15 is 0 Å². The molecular weight excluding hydrogens is 226 g/mol. The van der Waals surface area contributed by atoms with Gasteiger partial charge < -0.3 is 15.8 Å². The van der Waals surface area contributed by atoms with Crippen molar-refractivity contribution >= 4 is 17.2 Å². The Morgan fingerprint density at radius 3 is 2.72 bits per heavy atom. The molecule has 1 aromatic heterocycles. The largest absolute Gasteiger partial charge is 0.492 e.